The van der Waals surface area contributed by atoms with Crippen molar-refractivity contribution in [3.8, 4) is 17.2 Å². The van der Waals surface area contributed by atoms with Crippen molar-refractivity contribution in [1.29, 1.82) is 0 Å². The van der Waals surface area contributed by atoms with Gasteiger partial charge in [0.2, 0.25) is 5.75 Å². The Balaban J connectivity index is 1.74. The van der Waals surface area contributed by atoms with Gasteiger partial charge >= 0.3 is 5.97 Å². The molecule has 1 atom stereocenters. The molecule has 5 nitrogen and oxygen atoms in total. The van der Waals surface area contributed by atoms with Crippen molar-refractivity contribution in [2.75, 3.05) is 27.9 Å². The molecule has 0 bridgehead atoms. The van der Waals surface area contributed by atoms with E-state index in [0.717, 1.165) is 36.0 Å². The van der Waals surface area contributed by atoms with Crippen LogP contribution < -0.4 is 14.2 Å². The third-order valence-electron chi connectivity index (χ3n) is 6.36. The van der Waals surface area contributed by atoms with Gasteiger partial charge in [0.1, 0.15) is 6.61 Å². The Hall–Kier alpha value is -2.95. The fourth-order valence-electron chi connectivity index (χ4n) is 5.04. The van der Waals surface area contributed by atoms with Crippen LogP contribution >= 0.6 is 0 Å². The molecule has 0 aromatic heterocycles. The number of esters is 1. The highest BCUT2D eigenvalue weighted by Gasteiger charge is 2.39. The summed E-state index contributed by atoms with van der Waals surface area (Å²) in [5.41, 5.74) is 8.13. The lowest BCUT2D eigenvalue weighted by Crippen LogP contribution is -2.19. The number of ether oxygens (including phenoxy) is 4. The highest BCUT2D eigenvalue weighted by Crippen LogP contribution is 2.48. The zero-order valence-corrected chi connectivity index (χ0v) is 17.0. The maximum Gasteiger partial charge on any atom is 0.335 e. The van der Waals surface area contributed by atoms with Crippen LogP contribution in [0.25, 0.3) is 0 Å². The van der Waals surface area contributed by atoms with E-state index in [1.165, 1.54) is 28.7 Å². The third-order valence-corrected chi connectivity index (χ3v) is 6.36. The molecule has 3 aliphatic rings. The number of hydrogen-bond acceptors (Lipinski definition) is 5. The first-order valence-corrected chi connectivity index (χ1v) is 9.98. The second-order valence-corrected chi connectivity index (χ2v) is 7.84. The fraction of sp³-hybridized carbons (Fsp3) is 0.375. The summed E-state index contributed by atoms with van der Waals surface area (Å²) in [4.78, 5) is 12.7. The average molecular weight is 392 g/mol. The highest BCUT2D eigenvalue weighted by atomic mass is 16.5. The smallest absolute Gasteiger partial charge is 0.335 e. The lowest BCUT2D eigenvalue weighted by atomic mass is 9.74. The van der Waals surface area contributed by atoms with E-state index in [0.29, 0.717) is 23.9 Å². The summed E-state index contributed by atoms with van der Waals surface area (Å²) < 4.78 is 22.1. The summed E-state index contributed by atoms with van der Waals surface area (Å²) in [5, 5.41) is 0. The zero-order valence-electron chi connectivity index (χ0n) is 17.0. The molecular formula is C24H24O5. The summed E-state index contributed by atoms with van der Waals surface area (Å²) >= 11 is 0. The van der Waals surface area contributed by atoms with Crippen LogP contribution in [0.5, 0.6) is 17.2 Å². The molecule has 150 valence electrons. The lowest BCUT2D eigenvalue weighted by Gasteiger charge is -2.28. The van der Waals surface area contributed by atoms with Crippen LogP contribution in [0.1, 0.15) is 40.2 Å². The van der Waals surface area contributed by atoms with E-state index in [9.17, 15) is 4.79 Å². The van der Waals surface area contributed by atoms with Crippen LogP contribution in [0.3, 0.4) is 0 Å². The second-order valence-electron chi connectivity index (χ2n) is 7.84. The molecule has 2 aromatic carbocycles. The maximum absolute atomic E-state index is 12.7. The van der Waals surface area contributed by atoms with Crippen LogP contribution in [0.15, 0.2) is 35.4 Å². The van der Waals surface area contributed by atoms with Gasteiger partial charge in [0.15, 0.2) is 11.5 Å². The van der Waals surface area contributed by atoms with Crippen molar-refractivity contribution in [1.82, 2.24) is 0 Å². The van der Waals surface area contributed by atoms with Crippen LogP contribution in [0, 0.1) is 0 Å². The van der Waals surface area contributed by atoms with E-state index in [1.54, 1.807) is 21.3 Å². The van der Waals surface area contributed by atoms with Gasteiger partial charge in [0.05, 0.1) is 26.9 Å². The molecule has 1 heterocycles. The largest absolute Gasteiger partial charge is 0.493 e. The van der Waals surface area contributed by atoms with E-state index in [2.05, 4.69) is 12.1 Å². The first kappa shape index (κ1) is 18.1. The summed E-state index contributed by atoms with van der Waals surface area (Å²) in [6.07, 6.45) is 4.21. The minimum absolute atomic E-state index is 0.191. The normalized spacial score (nSPS) is 19.4. The van der Waals surface area contributed by atoms with Gasteiger partial charge in [-0.3, -0.25) is 0 Å². The molecule has 1 unspecified atom stereocenters. The number of fused-ring (bicyclic) bond motifs is 2. The molecule has 0 spiro atoms. The second kappa shape index (κ2) is 6.83. The summed E-state index contributed by atoms with van der Waals surface area (Å²) in [7, 11) is 4.81. The van der Waals surface area contributed by atoms with E-state index in [1.807, 2.05) is 12.1 Å². The summed E-state index contributed by atoms with van der Waals surface area (Å²) in [5.74, 6) is 1.31. The van der Waals surface area contributed by atoms with E-state index in [-0.39, 0.29) is 11.9 Å². The zero-order chi connectivity index (χ0) is 20.1. The molecule has 2 aromatic rings. The van der Waals surface area contributed by atoms with Gasteiger partial charge in [-0.05, 0) is 71.2 Å². The number of aryl methyl sites for hydroxylation is 2. The molecule has 1 aliphatic heterocycles. The molecule has 29 heavy (non-hydrogen) atoms. The van der Waals surface area contributed by atoms with Crippen molar-refractivity contribution in [2.24, 2.45) is 0 Å². The van der Waals surface area contributed by atoms with Gasteiger partial charge in [-0.2, -0.15) is 0 Å². The summed E-state index contributed by atoms with van der Waals surface area (Å²) in [6, 6.07) is 8.55. The molecule has 5 rings (SSSR count). The van der Waals surface area contributed by atoms with E-state index >= 15 is 0 Å². The Bertz CT molecular complexity index is 1020. The van der Waals surface area contributed by atoms with Gasteiger partial charge in [-0.25, -0.2) is 4.79 Å². The van der Waals surface area contributed by atoms with Crippen LogP contribution in [0.4, 0.5) is 0 Å². The number of hydrogen-bond donors (Lipinski definition) is 0. The van der Waals surface area contributed by atoms with Crippen LogP contribution in [-0.4, -0.2) is 33.9 Å². The Kier molecular flexibility index (Phi) is 4.26. The predicted octanol–water partition coefficient (Wildman–Crippen LogP) is 3.74. The number of carbonyl (C=O) groups excluding carboxylic acids is 1. The molecule has 0 radical (unpaired) electrons. The van der Waals surface area contributed by atoms with Crippen LogP contribution in [0.2, 0.25) is 0 Å². The molecule has 0 N–H and O–H groups in total. The Morgan fingerprint density at radius 2 is 1.59 bits per heavy atom. The fourth-order valence-corrected chi connectivity index (χ4v) is 5.04. The number of cyclic esters (lactones) is 1. The average Bonchev–Trinajstić information content (AvgIpc) is 3.35. The molecular weight excluding hydrogens is 368 g/mol. The minimum Gasteiger partial charge on any atom is -0.493 e. The SMILES string of the molecule is COc1cc(C2C3=C(COC3=O)Cc3cc4c(cc32)CCC4)cc(OC)c1OC. The molecule has 0 saturated carbocycles. The Morgan fingerprint density at radius 1 is 0.897 bits per heavy atom. The number of rotatable bonds is 4. The molecule has 5 heteroatoms. The van der Waals surface area contributed by atoms with Gasteiger partial charge in [0.25, 0.3) is 0 Å². The summed E-state index contributed by atoms with van der Waals surface area (Å²) in [6.45, 7) is 0.381. The Morgan fingerprint density at radius 3 is 2.24 bits per heavy atom. The van der Waals surface area contributed by atoms with Crippen molar-refractivity contribution >= 4 is 5.97 Å². The maximum atomic E-state index is 12.7. The van der Waals surface area contributed by atoms with Crippen molar-refractivity contribution in [3.05, 3.63) is 63.2 Å². The quantitative estimate of drug-likeness (QED) is 0.742. The van der Waals surface area contributed by atoms with Crippen LogP contribution in [-0.2, 0) is 28.8 Å². The van der Waals surface area contributed by atoms with Crippen molar-refractivity contribution in [2.45, 2.75) is 31.6 Å². The van der Waals surface area contributed by atoms with Crippen molar-refractivity contribution < 1.29 is 23.7 Å². The van der Waals surface area contributed by atoms with Crippen molar-refractivity contribution in [3.63, 3.8) is 0 Å². The minimum atomic E-state index is -0.218. The van der Waals surface area contributed by atoms with Gasteiger partial charge < -0.3 is 18.9 Å². The third kappa shape index (κ3) is 2.71. The molecule has 0 amide bonds. The lowest BCUT2D eigenvalue weighted by molar-refractivity contribution is -0.136. The first-order chi connectivity index (χ1) is 14.1. The van der Waals surface area contributed by atoms with Gasteiger partial charge in [-0.1, -0.05) is 12.1 Å². The monoisotopic (exact) mass is 392 g/mol. The van der Waals surface area contributed by atoms with E-state index < -0.39 is 0 Å². The molecule has 0 fully saturated rings. The highest BCUT2D eigenvalue weighted by molar-refractivity contribution is 5.95. The topological polar surface area (TPSA) is 54.0 Å². The predicted molar refractivity (Wildman–Crippen MR) is 108 cm³/mol. The molecule has 0 saturated heterocycles. The van der Waals surface area contributed by atoms with Gasteiger partial charge in [-0.15, -0.1) is 0 Å². The Labute approximate surface area is 170 Å². The number of carbonyl (C=O) groups is 1. The van der Waals surface area contributed by atoms with E-state index in [4.69, 9.17) is 18.9 Å². The first-order valence-electron chi connectivity index (χ1n) is 9.98. The molecule has 2 aliphatic carbocycles. The van der Waals surface area contributed by atoms with Gasteiger partial charge in [0, 0.05) is 5.92 Å². The standard InChI is InChI=1S/C24H24O5/c1-26-19-10-16(11-20(27-2)23(19)28-3)21-18-9-14-6-4-5-13(14)7-15(18)8-17-12-29-24(25)22(17)21/h7,9-11,21H,4-6,8,12H2,1-3H3. The number of benzene rings is 2. The number of methoxy groups -OCH3 is 3.